The lowest BCUT2D eigenvalue weighted by Crippen LogP contribution is -2.23. The third-order valence-corrected chi connectivity index (χ3v) is 1.85. The molecule has 1 rings (SSSR count). The Morgan fingerprint density at radius 2 is 2.25 bits per heavy atom. The molecule has 0 aromatic heterocycles. The lowest BCUT2D eigenvalue weighted by Gasteiger charge is -2.14. The number of nitrogens with zero attached hydrogens (tertiary/aromatic N) is 1. The zero-order valence-corrected chi connectivity index (χ0v) is 8.65. The number of halogens is 2. The molecular formula is C10H12F2N2O2. The van der Waals surface area contributed by atoms with Gasteiger partial charge < -0.3 is 15.7 Å². The first-order valence-electron chi connectivity index (χ1n) is 4.61. The molecule has 1 aromatic rings. The molecule has 0 aliphatic carbocycles. The fraction of sp³-hybridized carbons (Fsp3) is 0.300. The molecule has 0 radical (unpaired) electrons. The van der Waals surface area contributed by atoms with E-state index in [2.05, 4.69) is 5.16 Å². The quantitative estimate of drug-likeness (QED) is 0.359. The average Bonchev–Trinajstić information content (AvgIpc) is 2.22. The molecule has 88 valence electrons. The Labute approximate surface area is 91.3 Å². The molecule has 1 atom stereocenters. The van der Waals surface area contributed by atoms with E-state index in [1.165, 1.54) is 6.07 Å². The Bertz CT molecular complexity index is 396. The second-order valence-electron chi connectivity index (χ2n) is 3.30. The SMILES string of the molecule is CC(CC(N)=NO)Oc1ccc(F)cc1F. The van der Waals surface area contributed by atoms with E-state index < -0.39 is 17.7 Å². The van der Waals surface area contributed by atoms with E-state index in [1.54, 1.807) is 6.92 Å². The van der Waals surface area contributed by atoms with Crippen molar-refractivity contribution >= 4 is 5.84 Å². The minimum atomic E-state index is -0.786. The Morgan fingerprint density at radius 3 is 2.81 bits per heavy atom. The Hall–Kier alpha value is -1.85. The lowest BCUT2D eigenvalue weighted by molar-refractivity contribution is 0.216. The summed E-state index contributed by atoms with van der Waals surface area (Å²) in [4.78, 5) is 0. The van der Waals surface area contributed by atoms with Crippen LogP contribution in [0.3, 0.4) is 0 Å². The third kappa shape index (κ3) is 3.38. The number of ether oxygens (including phenoxy) is 1. The van der Waals surface area contributed by atoms with Gasteiger partial charge in [-0.2, -0.15) is 0 Å². The van der Waals surface area contributed by atoms with Crippen molar-refractivity contribution in [1.82, 2.24) is 0 Å². The molecule has 0 aliphatic heterocycles. The molecule has 3 N–H and O–H groups in total. The largest absolute Gasteiger partial charge is 0.487 e. The summed E-state index contributed by atoms with van der Waals surface area (Å²) in [5.41, 5.74) is 5.26. The highest BCUT2D eigenvalue weighted by molar-refractivity contribution is 5.80. The molecule has 0 spiro atoms. The molecule has 0 aliphatic rings. The van der Waals surface area contributed by atoms with Crippen LogP contribution in [0.1, 0.15) is 13.3 Å². The second kappa shape index (κ2) is 5.29. The van der Waals surface area contributed by atoms with Crippen LogP contribution in [0.4, 0.5) is 8.78 Å². The smallest absolute Gasteiger partial charge is 0.167 e. The minimum Gasteiger partial charge on any atom is -0.487 e. The van der Waals surface area contributed by atoms with Crippen molar-refractivity contribution in [1.29, 1.82) is 0 Å². The molecule has 0 saturated carbocycles. The van der Waals surface area contributed by atoms with E-state index in [4.69, 9.17) is 15.7 Å². The van der Waals surface area contributed by atoms with Gasteiger partial charge >= 0.3 is 0 Å². The number of hydrogen-bond donors (Lipinski definition) is 2. The third-order valence-electron chi connectivity index (χ3n) is 1.85. The monoisotopic (exact) mass is 230 g/mol. The van der Waals surface area contributed by atoms with Crippen LogP contribution in [0.15, 0.2) is 23.4 Å². The van der Waals surface area contributed by atoms with Crippen LogP contribution in [0, 0.1) is 11.6 Å². The zero-order chi connectivity index (χ0) is 12.1. The summed E-state index contributed by atoms with van der Waals surface area (Å²) in [6.45, 7) is 1.63. The average molecular weight is 230 g/mol. The van der Waals surface area contributed by atoms with Gasteiger partial charge in [0.15, 0.2) is 11.6 Å². The fourth-order valence-electron chi connectivity index (χ4n) is 1.16. The van der Waals surface area contributed by atoms with Crippen molar-refractivity contribution in [3.63, 3.8) is 0 Å². The predicted octanol–water partition coefficient (Wildman–Crippen LogP) is 1.87. The van der Waals surface area contributed by atoms with Gasteiger partial charge in [-0.1, -0.05) is 5.16 Å². The van der Waals surface area contributed by atoms with Crippen LogP contribution < -0.4 is 10.5 Å². The molecular weight excluding hydrogens is 218 g/mol. The molecule has 6 heteroatoms. The second-order valence-corrected chi connectivity index (χ2v) is 3.30. The summed E-state index contributed by atoms with van der Waals surface area (Å²) in [5, 5.41) is 11.1. The first-order valence-corrected chi connectivity index (χ1v) is 4.61. The van der Waals surface area contributed by atoms with Crippen LogP contribution in [0.25, 0.3) is 0 Å². The van der Waals surface area contributed by atoms with Gasteiger partial charge in [0.2, 0.25) is 0 Å². The number of hydrogen-bond acceptors (Lipinski definition) is 3. The van der Waals surface area contributed by atoms with Gasteiger partial charge in [0.25, 0.3) is 0 Å². The van der Waals surface area contributed by atoms with Crippen molar-refractivity contribution in [2.45, 2.75) is 19.4 Å². The van der Waals surface area contributed by atoms with Crippen molar-refractivity contribution in [3.05, 3.63) is 29.8 Å². The number of benzene rings is 1. The summed E-state index contributed by atoms with van der Waals surface area (Å²) >= 11 is 0. The van der Waals surface area contributed by atoms with Crippen molar-refractivity contribution in [3.8, 4) is 5.75 Å². The van der Waals surface area contributed by atoms with Crippen LogP contribution in [0.2, 0.25) is 0 Å². The van der Waals surface area contributed by atoms with Gasteiger partial charge in [-0.15, -0.1) is 0 Å². The number of nitrogens with two attached hydrogens (primary N) is 1. The Morgan fingerprint density at radius 1 is 1.56 bits per heavy atom. The normalized spacial score (nSPS) is 13.6. The predicted molar refractivity (Wildman–Crippen MR) is 54.5 cm³/mol. The van der Waals surface area contributed by atoms with Crippen molar-refractivity contribution < 1.29 is 18.7 Å². The topological polar surface area (TPSA) is 67.8 Å². The van der Waals surface area contributed by atoms with Crippen molar-refractivity contribution in [2.75, 3.05) is 0 Å². The molecule has 0 bridgehead atoms. The van der Waals surface area contributed by atoms with Crippen LogP contribution in [-0.2, 0) is 0 Å². The van der Waals surface area contributed by atoms with E-state index in [9.17, 15) is 8.78 Å². The summed E-state index contributed by atoms with van der Waals surface area (Å²) in [6, 6.07) is 3.01. The molecule has 0 heterocycles. The Balaban J connectivity index is 2.66. The molecule has 4 nitrogen and oxygen atoms in total. The first kappa shape index (κ1) is 12.2. The maximum absolute atomic E-state index is 13.2. The van der Waals surface area contributed by atoms with Crippen LogP contribution in [-0.4, -0.2) is 17.1 Å². The summed E-state index contributed by atoms with van der Waals surface area (Å²) < 4.78 is 30.9. The van der Waals surface area contributed by atoms with Gasteiger partial charge in [0.05, 0.1) is 0 Å². The van der Waals surface area contributed by atoms with Gasteiger partial charge in [-0.3, -0.25) is 0 Å². The molecule has 0 amide bonds. The number of amidine groups is 1. The Kier molecular flexibility index (Phi) is 4.04. The maximum atomic E-state index is 13.2. The standard InChI is InChI=1S/C10H12F2N2O2/c1-6(4-10(13)14-15)16-9-3-2-7(11)5-8(9)12/h2-3,5-6,15H,4H2,1H3,(H2,13,14). The first-order chi connectivity index (χ1) is 7.52. The van der Waals surface area contributed by atoms with Gasteiger partial charge in [0, 0.05) is 12.5 Å². The van der Waals surface area contributed by atoms with Crippen molar-refractivity contribution in [2.24, 2.45) is 10.9 Å². The summed E-state index contributed by atoms with van der Waals surface area (Å²) in [7, 11) is 0. The van der Waals surface area contributed by atoms with Gasteiger partial charge in [0.1, 0.15) is 17.8 Å². The van der Waals surface area contributed by atoms with E-state index >= 15 is 0 Å². The highest BCUT2D eigenvalue weighted by Gasteiger charge is 2.11. The fourth-order valence-corrected chi connectivity index (χ4v) is 1.16. The summed E-state index contributed by atoms with van der Waals surface area (Å²) in [6.07, 6.45) is -0.330. The maximum Gasteiger partial charge on any atom is 0.167 e. The zero-order valence-electron chi connectivity index (χ0n) is 8.65. The number of oxime groups is 1. The molecule has 1 aromatic carbocycles. The lowest BCUT2D eigenvalue weighted by atomic mass is 10.2. The van der Waals surface area contributed by atoms with E-state index in [0.29, 0.717) is 0 Å². The molecule has 1 unspecified atom stereocenters. The van der Waals surface area contributed by atoms with E-state index in [-0.39, 0.29) is 18.0 Å². The van der Waals surface area contributed by atoms with Gasteiger partial charge in [-0.05, 0) is 19.1 Å². The van der Waals surface area contributed by atoms with Crippen LogP contribution in [0.5, 0.6) is 5.75 Å². The minimum absolute atomic E-state index is 0.0185. The van der Waals surface area contributed by atoms with Gasteiger partial charge in [-0.25, -0.2) is 8.78 Å². The number of rotatable bonds is 4. The molecule has 0 saturated heterocycles. The van der Waals surface area contributed by atoms with E-state index in [0.717, 1.165) is 12.1 Å². The summed E-state index contributed by atoms with van der Waals surface area (Å²) in [5.74, 6) is -1.55. The highest BCUT2D eigenvalue weighted by Crippen LogP contribution is 2.19. The molecule has 16 heavy (non-hydrogen) atoms. The molecule has 0 fully saturated rings. The highest BCUT2D eigenvalue weighted by atomic mass is 19.1. The van der Waals surface area contributed by atoms with Crippen LogP contribution >= 0.6 is 0 Å². The van der Waals surface area contributed by atoms with E-state index in [1.807, 2.05) is 0 Å².